The summed E-state index contributed by atoms with van der Waals surface area (Å²) in [6, 6.07) is 8.96. The van der Waals surface area contributed by atoms with Crippen molar-refractivity contribution in [3.05, 3.63) is 52.7 Å². The van der Waals surface area contributed by atoms with E-state index >= 15 is 0 Å². The number of benzene rings is 1. The fourth-order valence-corrected chi connectivity index (χ4v) is 1.51. The summed E-state index contributed by atoms with van der Waals surface area (Å²) in [4.78, 5) is 11.3. The molecule has 1 atom stereocenters. The molecule has 0 aliphatic heterocycles. The van der Waals surface area contributed by atoms with Crippen LogP contribution in [-0.2, 0) is 0 Å². The summed E-state index contributed by atoms with van der Waals surface area (Å²) in [5.41, 5.74) is 0.557. The van der Waals surface area contributed by atoms with Gasteiger partial charge in [0.05, 0.1) is 12.6 Å². The van der Waals surface area contributed by atoms with E-state index in [1.807, 2.05) is 30.3 Å². The van der Waals surface area contributed by atoms with Crippen LogP contribution in [0.4, 0.5) is 0 Å². The molecule has 5 nitrogen and oxygen atoms in total. The highest BCUT2D eigenvalue weighted by atomic mass is 16.3. The monoisotopic (exact) mass is 205 g/mol. The van der Waals surface area contributed by atoms with Crippen LogP contribution in [0, 0.1) is 0 Å². The van der Waals surface area contributed by atoms with E-state index in [0.29, 0.717) is 0 Å². The van der Waals surface area contributed by atoms with Crippen LogP contribution in [0.3, 0.4) is 0 Å². The molecule has 0 spiro atoms. The summed E-state index contributed by atoms with van der Waals surface area (Å²) in [5.74, 6) is 0. The normalized spacial score (nSPS) is 12.6. The van der Waals surface area contributed by atoms with Crippen LogP contribution in [0.1, 0.15) is 11.6 Å². The average Bonchev–Trinajstić information content (AvgIpc) is 2.68. The molecule has 1 aromatic carbocycles. The molecule has 1 heterocycles. The summed E-state index contributed by atoms with van der Waals surface area (Å²) >= 11 is 0. The Bertz CT molecular complexity index is 475. The van der Waals surface area contributed by atoms with E-state index in [1.54, 1.807) is 0 Å². The third-order valence-corrected chi connectivity index (χ3v) is 2.27. The Morgan fingerprint density at radius 1 is 1.40 bits per heavy atom. The van der Waals surface area contributed by atoms with E-state index in [-0.39, 0.29) is 18.3 Å². The van der Waals surface area contributed by atoms with Crippen LogP contribution < -0.4 is 5.69 Å². The zero-order valence-corrected chi connectivity index (χ0v) is 8.00. The largest absolute Gasteiger partial charge is 0.394 e. The maximum atomic E-state index is 11.3. The molecule has 2 aromatic rings. The minimum Gasteiger partial charge on any atom is -0.394 e. The van der Waals surface area contributed by atoms with Gasteiger partial charge in [0.1, 0.15) is 6.33 Å². The molecule has 5 heteroatoms. The number of aliphatic hydroxyl groups excluding tert-OH is 1. The lowest BCUT2D eigenvalue weighted by molar-refractivity contribution is 0.247. The van der Waals surface area contributed by atoms with E-state index in [0.717, 1.165) is 5.56 Å². The van der Waals surface area contributed by atoms with Crippen molar-refractivity contribution in [3.63, 3.8) is 0 Å². The first-order valence-electron chi connectivity index (χ1n) is 4.60. The van der Waals surface area contributed by atoms with E-state index in [1.165, 1.54) is 10.9 Å². The van der Waals surface area contributed by atoms with E-state index < -0.39 is 0 Å². The number of aromatic nitrogens is 3. The highest BCUT2D eigenvalue weighted by Crippen LogP contribution is 2.14. The molecule has 78 valence electrons. The number of nitrogens with zero attached hydrogens (tertiary/aromatic N) is 2. The quantitative estimate of drug-likeness (QED) is 0.749. The number of hydrogen-bond donors (Lipinski definition) is 2. The first-order chi connectivity index (χ1) is 7.33. The molecule has 1 aromatic heterocycles. The Balaban J connectivity index is 2.42. The van der Waals surface area contributed by atoms with E-state index in [2.05, 4.69) is 10.2 Å². The number of nitrogens with one attached hydrogen (secondary N) is 1. The van der Waals surface area contributed by atoms with Gasteiger partial charge in [0.2, 0.25) is 0 Å². The van der Waals surface area contributed by atoms with Gasteiger partial charge in [-0.05, 0) is 5.56 Å². The zero-order valence-electron chi connectivity index (χ0n) is 8.00. The van der Waals surface area contributed by atoms with Crippen LogP contribution in [0.5, 0.6) is 0 Å². The smallest absolute Gasteiger partial charge is 0.343 e. The maximum Gasteiger partial charge on any atom is 0.343 e. The first kappa shape index (κ1) is 9.67. The third kappa shape index (κ3) is 1.82. The van der Waals surface area contributed by atoms with Gasteiger partial charge >= 0.3 is 5.69 Å². The van der Waals surface area contributed by atoms with Gasteiger partial charge in [-0.2, -0.15) is 5.10 Å². The average molecular weight is 205 g/mol. The van der Waals surface area contributed by atoms with Gasteiger partial charge in [-0.15, -0.1) is 0 Å². The minimum absolute atomic E-state index is 0.135. The lowest BCUT2D eigenvalue weighted by Crippen LogP contribution is -2.25. The van der Waals surface area contributed by atoms with Crippen molar-refractivity contribution < 1.29 is 5.11 Å². The molecule has 15 heavy (non-hydrogen) atoms. The van der Waals surface area contributed by atoms with Crippen molar-refractivity contribution in [2.24, 2.45) is 0 Å². The van der Waals surface area contributed by atoms with Crippen molar-refractivity contribution in [2.75, 3.05) is 6.61 Å². The van der Waals surface area contributed by atoms with Crippen LogP contribution in [-0.4, -0.2) is 26.5 Å². The van der Waals surface area contributed by atoms with Gasteiger partial charge < -0.3 is 5.11 Å². The summed E-state index contributed by atoms with van der Waals surface area (Å²) in [6.45, 7) is -0.135. The fourth-order valence-electron chi connectivity index (χ4n) is 1.51. The zero-order chi connectivity index (χ0) is 10.7. The van der Waals surface area contributed by atoms with Gasteiger partial charge in [-0.1, -0.05) is 30.3 Å². The molecule has 1 unspecified atom stereocenters. The van der Waals surface area contributed by atoms with Crippen molar-refractivity contribution in [1.29, 1.82) is 0 Å². The number of aliphatic hydroxyl groups is 1. The highest BCUT2D eigenvalue weighted by Gasteiger charge is 2.13. The van der Waals surface area contributed by atoms with Gasteiger partial charge in [-0.25, -0.2) is 9.89 Å². The molecule has 0 radical (unpaired) electrons. The fraction of sp³-hybridized carbons (Fsp3) is 0.200. The first-order valence-corrected chi connectivity index (χ1v) is 4.60. The maximum absolute atomic E-state index is 11.3. The van der Waals surface area contributed by atoms with Crippen molar-refractivity contribution >= 4 is 0 Å². The Hall–Kier alpha value is -1.88. The Morgan fingerprint density at radius 2 is 2.13 bits per heavy atom. The summed E-state index contributed by atoms with van der Waals surface area (Å²) in [6.07, 6.45) is 1.39. The number of aromatic amines is 1. The molecule has 0 aliphatic rings. The number of hydrogen-bond acceptors (Lipinski definition) is 3. The van der Waals surface area contributed by atoms with Gasteiger partial charge in [0.25, 0.3) is 0 Å². The van der Waals surface area contributed by atoms with E-state index in [4.69, 9.17) is 0 Å². The van der Waals surface area contributed by atoms with Crippen LogP contribution in [0.2, 0.25) is 0 Å². The molecule has 0 aliphatic carbocycles. The molecule has 2 N–H and O–H groups in total. The van der Waals surface area contributed by atoms with Gasteiger partial charge in [-0.3, -0.25) is 4.57 Å². The molecule has 0 saturated carbocycles. The van der Waals surface area contributed by atoms with Crippen LogP contribution in [0.25, 0.3) is 0 Å². The predicted molar refractivity (Wildman–Crippen MR) is 54.5 cm³/mol. The van der Waals surface area contributed by atoms with Crippen LogP contribution >= 0.6 is 0 Å². The standard InChI is InChI=1S/C10H11N3O2/c14-6-9(8-4-2-1-3-5-8)13-7-11-12-10(13)15/h1-5,7,9,14H,6H2,(H,12,15). The lowest BCUT2D eigenvalue weighted by Gasteiger charge is -2.14. The molecule has 0 amide bonds. The van der Waals surface area contributed by atoms with Gasteiger partial charge in [0, 0.05) is 0 Å². The highest BCUT2D eigenvalue weighted by molar-refractivity contribution is 5.19. The second kappa shape index (κ2) is 4.10. The Labute approximate surface area is 86.0 Å². The SMILES string of the molecule is O=c1[nH]ncn1C(CO)c1ccccc1. The van der Waals surface area contributed by atoms with E-state index in [9.17, 15) is 9.90 Å². The third-order valence-electron chi connectivity index (χ3n) is 2.27. The lowest BCUT2D eigenvalue weighted by atomic mass is 10.1. The summed E-state index contributed by atoms with van der Waals surface area (Å²) in [7, 11) is 0. The second-order valence-corrected chi connectivity index (χ2v) is 3.18. The Kier molecular flexibility index (Phi) is 2.64. The second-order valence-electron chi connectivity index (χ2n) is 3.18. The summed E-state index contributed by atoms with van der Waals surface area (Å²) in [5, 5.41) is 15.2. The molecule has 0 saturated heterocycles. The molecular formula is C10H11N3O2. The van der Waals surface area contributed by atoms with Gasteiger partial charge in [0.15, 0.2) is 0 Å². The molecular weight excluding hydrogens is 194 g/mol. The Morgan fingerprint density at radius 3 is 2.67 bits per heavy atom. The predicted octanol–water partition coefficient (Wildman–Crippen LogP) is 0.153. The topological polar surface area (TPSA) is 70.9 Å². The number of rotatable bonds is 3. The molecule has 2 rings (SSSR count). The minimum atomic E-state index is -0.377. The van der Waals surface area contributed by atoms with Crippen LogP contribution in [0.15, 0.2) is 41.5 Å². The van der Waals surface area contributed by atoms with Crippen molar-refractivity contribution in [1.82, 2.24) is 14.8 Å². The van der Waals surface area contributed by atoms with Crippen molar-refractivity contribution in [3.8, 4) is 0 Å². The van der Waals surface area contributed by atoms with Crippen molar-refractivity contribution in [2.45, 2.75) is 6.04 Å². The molecule has 0 fully saturated rings. The summed E-state index contributed by atoms with van der Waals surface area (Å²) < 4.78 is 1.37. The molecule has 0 bridgehead atoms. The number of H-pyrrole nitrogens is 1.